The summed E-state index contributed by atoms with van der Waals surface area (Å²) >= 11 is 3.18. The highest BCUT2D eigenvalue weighted by molar-refractivity contribution is 9.10. The first-order valence-corrected chi connectivity index (χ1v) is 6.68. The van der Waals surface area contributed by atoms with Crippen LogP contribution in [0.4, 0.5) is 8.78 Å². The van der Waals surface area contributed by atoms with Gasteiger partial charge in [0.15, 0.2) is 6.10 Å². The van der Waals surface area contributed by atoms with Gasteiger partial charge in [-0.05, 0) is 35.7 Å². The van der Waals surface area contributed by atoms with Crippen molar-refractivity contribution in [1.29, 1.82) is 0 Å². The summed E-state index contributed by atoms with van der Waals surface area (Å²) in [5.74, 6) is 0.706. The van der Waals surface area contributed by atoms with Gasteiger partial charge < -0.3 is 5.11 Å². The van der Waals surface area contributed by atoms with E-state index in [0.29, 0.717) is 10.0 Å². The molecule has 0 saturated heterocycles. The lowest BCUT2D eigenvalue weighted by Crippen LogP contribution is -2.24. The molecule has 20 heavy (non-hydrogen) atoms. The molecule has 1 nitrogen and oxygen atoms in total. The van der Waals surface area contributed by atoms with Crippen LogP contribution < -0.4 is 0 Å². The highest BCUT2D eigenvalue weighted by atomic mass is 79.9. The van der Waals surface area contributed by atoms with Gasteiger partial charge in [-0.1, -0.05) is 52.2 Å². The van der Waals surface area contributed by atoms with E-state index in [4.69, 9.17) is 0 Å². The van der Waals surface area contributed by atoms with Gasteiger partial charge in [-0.25, -0.2) is 0 Å². The molecule has 1 N–H and O–H groups in total. The molecule has 2 aromatic rings. The fraction of sp³-hybridized carbons (Fsp3) is 0.125. The van der Waals surface area contributed by atoms with Gasteiger partial charge in [0, 0.05) is 10.0 Å². The fourth-order valence-corrected chi connectivity index (χ4v) is 2.05. The van der Waals surface area contributed by atoms with E-state index in [1.54, 1.807) is 42.5 Å². The van der Waals surface area contributed by atoms with Gasteiger partial charge in [-0.3, -0.25) is 0 Å². The molecule has 0 heterocycles. The Balaban J connectivity index is 2.24. The minimum Gasteiger partial charge on any atom is -0.381 e. The van der Waals surface area contributed by atoms with Crippen molar-refractivity contribution >= 4 is 15.9 Å². The van der Waals surface area contributed by atoms with Crippen LogP contribution in [0.25, 0.3) is 0 Å². The van der Waals surface area contributed by atoms with Crippen LogP contribution in [0.2, 0.25) is 0 Å². The van der Waals surface area contributed by atoms with Crippen molar-refractivity contribution in [2.75, 3.05) is 0 Å². The smallest absolute Gasteiger partial charge is 0.337 e. The van der Waals surface area contributed by atoms with Crippen LogP contribution in [0.3, 0.4) is 0 Å². The third-order valence-electron chi connectivity index (χ3n) is 2.66. The highest BCUT2D eigenvalue weighted by Crippen LogP contribution is 2.31. The number of aliphatic hydroxyl groups is 1. The minimum atomic E-state index is -3.52. The maximum Gasteiger partial charge on any atom is 0.337 e. The van der Waals surface area contributed by atoms with Crippen LogP contribution in [0.5, 0.6) is 0 Å². The minimum absolute atomic E-state index is 0.117. The molecule has 102 valence electrons. The second-order valence-electron chi connectivity index (χ2n) is 4.20. The van der Waals surface area contributed by atoms with Crippen molar-refractivity contribution in [3.05, 3.63) is 70.2 Å². The molecule has 0 aliphatic carbocycles. The van der Waals surface area contributed by atoms with E-state index < -0.39 is 12.0 Å². The van der Waals surface area contributed by atoms with E-state index in [-0.39, 0.29) is 5.56 Å². The summed E-state index contributed by atoms with van der Waals surface area (Å²) in [7, 11) is 0. The Morgan fingerprint density at radius 3 is 2.40 bits per heavy atom. The number of rotatable bonds is 2. The summed E-state index contributed by atoms with van der Waals surface area (Å²) < 4.78 is 28.4. The van der Waals surface area contributed by atoms with Crippen molar-refractivity contribution in [3.8, 4) is 11.8 Å². The molecule has 0 fully saturated rings. The van der Waals surface area contributed by atoms with E-state index >= 15 is 0 Å². The van der Waals surface area contributed by atoms with Crippen LogP contribution in [0, 0.1) is 11.8 Å². The molecular weight excluding hydrogens is 326 g/mol. The standard InChI is InChI=1S/C16H11BrF2O/c17-14-8-4-7-13(11-14)15(20)16(18,19)10-9-12-5-2-1-3-6-12/h1-8,11,15,20H. The van der Waals surface area contributed by atoms with E-state index in [9.17, 15) is 13.9 Å². The van der Waals surface area contributed by atoms with Gasteiger partial charge in [-0.15, -0.1) is 0 Å². The van der Waals surface area contributed by atoms with Crippen LogP contribution in [0.15, 0.2) is 59.1 Å². The summed E-state index contributed by atoms with van der Waals surface area (Å²) in [6, 6.07) is 14.6. The lowest BCUT2D eigenvalue weighted by Gasteiger charge is -2.17. The molecule has 1 atom stereocenters. The fourth-order valence-electron chi connectivity index (χ4n) is 1.63. The zero-order valence-corrected chi connectivity index (χ0v) is 11.9. The number of benzene rings is 2. The largest absolute Gasteiger partial charge is 0.381 e. The van der Waals surface area contributed by atoms with Gasteiger partial charge >= 0.3 is 5.92 Å². The number of hydrogen-bond donors (Lipinski definition) is 1. The second kappa shape index (κ2) is 6.17. The third-order valence-corrected chi connectivity index (χ3v) is 3.15. The molecule has 0 radical (unpaired) electrons. The molecule has 2 aromatic carbocycles. The molecule has 0 aliphatic rings. The van der Waals surface area contributed by atoms with Gasteiger partial charge in [0.1, 0.15) is 0 Å². The van der Waals surface area contributed by atoms with Gasteiger partial charge in [0.25, 0.3) is 0 Å². The Bertz CT molecular complexity index is 644. The van der Waals surface area contributed by atoms with Crippen LogP contribution >= 0.6 is 15.9 Å². The lowest BCUT2D eigenvalue weighted by atomic mass is 10.0. The molecule has 0 spiro atoms. The number of alkyl halides is 2. The first-order chi connectivity index (χ1) is 9.49. The molecule has 0 amide bonds. The van der Waals surface area contributed by atoms with Crippen molar-refractivity contribution in [2.24, 2.45) is 0 Å². The first kappa shape index (κ1) is 14.7. The average molecular weight is 337 g/mol. The SMILES string of the molecule is OC(c1cccc(Br)c1)C(F)(F)C#Cc1ccccc1. The third kappa shape index (κ3) is 3.66. The van der Waals surface area contributed by atoms with Crippen molar-refractivity contribution in [1.82, 2.24) is 0 Å². The van der Waals surface area contributed by atoms with Crippen molar-refractivity contribution in [2.45, 2.75) is 12.0 Å². The predicted octanol–water partition coefficient (Wildman–Crippen LogP) is 4.17. The van der Waals surface area contributed by atoms with Gasteiger partial charge in [-0.2, -0.15) is 8.78 Å². The molecule has 0 aliphatic heterocycles. The Labute approximate surface area is 124 Å². The monoisotopic (exact) mass is 336 g/mol. The van der Waals surface area contributed by atoms with E-state index in [1.165, 1.54) is 12.1 Å². The molecule has 1 unspecified atom stereocenters. The van der Waals surface area contributed by atoms with Crippen molar-refractivity contribution in [3.63, 3.8) is 0 Å². The maximum atomic E-state index is 13.9. The predicted molar refractivity (Wildman–Crippen MR) is 77.4 cm³/mol. The zero-order valence-electron chi connectivity index (χ0n) is 10.4. The molecule has 0 saturated carbocycles. The van der Waals surface area contributed by atoms with Gasteiger partial charge in [0.2, 0.25) is 0 Å². The normalized spacial score (nSPS) is 12.4. The van der Waals surface area contributed by atoms with Crippen LogP contribution in [0.1, 0.15) is 17.2 Å². The quantitative estimate of drug-likeness (QED) is 0.816. The summed E-state index contributed by atoms with van der Waals surface area (Å²) in [6.07, 6.45) is -1.96. The molecule has 0 bridgehead atoms. The van der Waals surface area contributed by atoms with Crippen LogP contribution in [-0.2, 0) is 0 Å². The topological polar surface area (TPSA) is 20.2 Å². The Hall–Kier alpha value is -1.70. The molecule has 4 heteroatoms. The van der Waals surface area contributed by atoms with E-state index in [2.05, 4.69) is 21.9 Å². The lowest BCUT2D eigenvalue weighted by molar-refractivity contribution is -0.0636. The van der Waals surface area contributed by atoms with E-state index in [0.717, 1.165) is 0 Å². The number of hydrogen-bond acceptors (Lipinski definition) is 1. The van der Waals surface area contributed by atoms with E-state index in [1.807, 2.05) is 5.92 Å². The summed E-state index contributed by atoms with van der Waals surface area (Å²) in [6.45, 7) is 0. The van der Waals surface area contributed by atoms with Crippen molar-refractivity contribution < 1.29 is 13.9 Å². The number of aliphatic hydroxyl groups excluding tert-OH is 1. The maximum absolute atomic E-state index is 13.9. The highest BCUT2D eigenvalue weighted by Gasteiger charge is 2.37. The Kier molecular flexibility index (Phi) is 4.53. The first-order valence-electron chi connectivity index (χ1n) is 5.88. The average Bonchev–Trinajstić information content (AvgIpc) is 2.45. The molecular formula is C16H11BrF2O. The zero-order chi connectivity index (χ0) is 14.6. The Morgan fingerprint density at radius 1 is 1.05 bits per heavy atom. The second-order valence-corrected chi connectivity index (χ2v) is 5.11. The molecule has 2 rings (SSSR count). The number of halogens is 3. The summed E-state index contributed by atoms with van der Waals surface area (Å²) in [5, 5.41) is 9.78. The summed E-state index contributed by atoms with van der Waals surface area (Å²) in [4.78, 5) is 0. The Morgan fingerprint density at radius 2 is 1.75 bits per heavy atom. The summed E-state index contributed by atoms with van der Waals surface area (Å²) in [5.41, 5.74) is 0.598. The molecule has 0 aromatic heterocycles. The van der Waals surface area contributed by atoms with Crippen LogP contribution in [-0.4, -0.2) is 11.0 Å². The van der Waals surface area contributed by atoms with Gasteiger partial charge in [0.05, 0.1) is 0 Å².